The number of anilines is 1. The van der Waals surface area contributed by atoms with Crippen molar-refractivity contribution in [1.82, 2.24) is 19.1 Å². The van der Waals surface area contributed by atoms with E-state index in [-0.39, 0.29) is 0 Å². The standard InChI is InChI=1S/C19H22ClN5O/c20-16-5-3-6-17(15-16)23-13-11-22(12-14-23)8-4-10-25-19(26)24-9-2-1-7-18(24)21-25/h1-3,5-7,9,15H,4,8,10-14H2/i1D,2D,3D,4D2,5D,6D,7D,8D2,9D,13D2,14D2,15D. The van der Waals surface area contributed by atoms with Gasteiger partial charge in [0, 0.05) is 61.5 Å². The Kier molecular flexibility index (Phi) is 1.93. The lowest BCUT2D eigenvalue weighted by atomic mass is 10.2. The molecule has 1 aliphatic heterocycles. The summed E-state index contributed by atoms with van der Waals surface area (Å²) in [4.78, 5) is 13.8. The highest BCUT2D eigenvalue weighted by Gasteiger charge is 2.17. The molecule has 3 aromatic rings. The molecular formula is C19H22ClN5O. The summed E-state index contributed by atoms with van der Waals surface area (Å²) in [5, 5.41) is 3.14. The van der Waals surface area contributed by atoms with Gasteiger partial charge in [0.1, 0.15) is 0 Å². The van der Waals surface area contributed by atoms with E-state index < -0.39 is 116 Å². The van der Waals surface area contributed by atoms with Gasteiger partial charge >= 0.3 is 5.69 Å². The normalized spacial score (nSPS) is 29.5. The van der Waals surface area contributed by atoms with Crippen LogP contribution in [0.1, 0.15) is 28.3 Å². The molecule has 7 heteroatoms. The monoisotopic (exact) mass is 387 g/mol. The number of aromatic nitrogens is 3. The predicted octanol–water partition coefficient (Wildman–Crippen LogP) is 2.36. The quantitative estimate of drug-likeness (QED) is 0.674. The molecular weight excluding hydrogens is 350 g/mol. The lowest BCUT2D eigenvalue weighted by molar-refractivity contribution is 0.248. The highest BCUT2D eigenvalue weighted by molar-refractivity contribution is 6.30. The molecule has 1 aliphatic rings. The molecule has 0 aliphatic carbocycles. The Labute approximate surface area is 179 Å². The van der Waals surface area contributed by atoms with Crippen molar-refractivity contribution in [2.24, 2.45) is 0 Å². The van der Waals surface area contributed by atoms with Gasteiger partial charge in [-0.25, -0.2) is 9.48 Å². The number of fused-ring (bicyclic) bond motifs is 1. The summed E-state index contributed by atoms with van der Waals surface area (Å²) in [6.45, 7) is -12.3. The van der Waals surface area contributed by atoms with Crippen molar-refractivity contribution in [1.29, 1.82) is 0 Å². The molecule has 4 rings (SSSR count). The summed E-state index contributed by atoms with van der Waals surface area (Å²) >= 11 is 5.93. The molecule has 0 N–H and O–H groups in total. The van der Waals surface area contributed by atoms with Crippen LogP contribution in [-0.2, 0) is 6.54 Å². The topological polar surface area (TPSA) is 45.8 Å². The lowest BCUT2D eigenvalue weighted by Gasteiger charge is -2.36. The fourth-order valence-electron chi connectivity index (χ4n) is 2.17. The van der Waals surface area contributed by atoms with Crippen LogP contribution in [0.5, 0.6) is 0 Å². The third-order valence-corrected chi connectivity index (χ3v) is 3.54. The van der Waals surface area contributed by atoms with Gasteiger partial charge in [-0.1, -0.05) is 23.7 Å². The molecule has 0 bridgehead atoms. The SMILES string of the molecule is [2H]c1c([2H])c(Cl)c([2H])c(N2C([2H])([2H])CN(C([2H])([2H])C([2H])([2H])Cn3nc4c([2H])c([2H])c([2H])c([2H])n4c3=O)CC2([2H])[2H])c1[2H]. The van der Waals surface area contributed by atoms with E-state index in [1.165, 1.54) is 0 Å². The molecule has 26 heavy (non-hydrogen) atoms. The second kappa shape index (κ2) is 7.51. The second-order valence-corrected chi connectivity index (χ2v) is 5.42. The second-order valence-electron chi connectivity index (χ2n) is 5.04. The molecule has 0 radical (unpaired) electrons. The van der Waals surface area contributed by atoms with E-state index in [9.17, 15) is 4.79 Å². The van der Waals surface area contributed by atoms with Crippen LogP contribution in [-0.4, -0.2) is 51.7 Å². The highest BCUT2D eigenvalue weighted by atomic mass is 35.5. The van der Waals surface area contributed by atoms with Crippen LogP contribution in [0.4, 0.5) is 5.69 Å². The fraction of sp³-hybridized carbons (Fsp3) is 0.368. The van der Waals surface area contributed by atoms with Crippen molar-refractivity contribution in [3.8, 4) is 0 Å². The number of nitrogens with zero attached hydrogens (tertiary/aromatic N) is 5. The van der Waals surface area contributed by atoms with Gasteiger partial charge in [0.05, 0.1) is 16.4 Å². The number of hydrogen-bond donors (Lipinski definition) is 0. The van der Waals surface area contributed by atoms with Crippen LogP contribution in [0.15, 0.2) is 53.3 Å². The summed E-state index contributed by atoms with van der Waals surface area (Å²) < 4.78 is 133. The van der Waals surface area contributed by atoms with Crippen LogP contribution in [0, 0.1) is 0 Å². The molecule has 0 spiro atoms. The average Bonchev–Trinajstić information content (AvgIpc) is 3.19. The number of halogens is 1. The number of aryl methyl sites for hydroxylation is 1. The molecule has 0 amide bonds. The predicted molar refractivity (Wildman–Crippen MR) is 104 cm³/mol. The first-order valence-corrected chi connectivity index (χ1v) is 7.74. The van der Waals surface area contributed by atoms with E-state index >= 15 is 0 Å². The number of pyridine rings is 1. The highest BCUT2D eigenvalue weighted by Crippen LogP contribution is 2.20. The molecule has 0 unspecified atom stereocenters. The Morgan fingerprint density at radius 1 is 1.23 bits per heavy atom. The van der Waals surface area contributed by atoms with E-state index in [4.69, 9.17) is 33.5 Å². The molecule has 6 nitrogen and oxygen atoms in total. The number of benzene rings is 1. The third-order valence-electron chi connectivity index (χ3n) is 3.35. The minimum Gasteiger partial charge on any atom is -0.369 e. The zero-order valence-corrected chi connectivity index (χ0v) is 13.9. The van der Waals surface area contributed by atoms with Gasteiger partial charge in [-0.2, -0.15) is 0 Å². The average molecular weight is 388 g/mol. The number of rotatable bonds is 5. The Morgan fingerprint density at radius 2 is 2.08 bits per heavy atom. The molecule has 1 fully saturated rings. The van der Waals surface area contributed by atoms with Gasteiger partial charge < -0.3 is 4.90 Å². The van der Waals surface area contributed by atoms with Gasteiger partial charge in [-0.15, -0.1) is 5.10 Å². The first-order valence-electron chi connectivity index (χ1n) is 15.4. The minimum absolute atomic E-state index is 0.352. The van der Waals surface area contributed by atoms with Gasteiger partial charge in [0.25, 0.3) is 0 Å². The zero-order chi connectivity index (χ0) is 32.1. The van der Waals surface area contributed by atoms with Gasteiger partial charge in [-0.05, 0) is 36.6 Å². The number of hydrogen-bond acceptors (Lipinski definition) is 4. The van der Waals surface area contributed by atoms with Crippen molar-refractivity contribution >= 4 is 22.9 Å². The van der Waals surface area contributed by atoms with Crippen LogP contribution >= 0.6 is 11.6 Å². The van der Waals surface area contributed by atoms with Gasteiger partial charge in [-0.3, -0.25) is 9.30 Å². The molecule has 2 aromatic heterocycles. The van der Waals surface area contributed by atoms with Crippen molar-refractivity contribution < 1.29 is 21.9 Å². The molecule has 1 saturated heterocycles. The minimum atomic E-state index is -3.21. The van der Waals surface area contributed by atoms with E-state index in [0.717, 1.165) is 0 Å². The summed E-state index contributed by atoms with van der Waals surface area (Å²) in [5.74, 6) is 0. The summed E-state index contributed by atoms with van der Waals surface area (Å²) in [6.07, 6.45) is -3.90. The lowest BCUT2D eigenvalue weighted by Crippen LogP contribution is -2.46. The smallest absolute Gasteiger partial charge is 0.350 e. The summed E-state index contributed by atoms with van der Waals surface area (Å²) in [6, 6.07) is -5.26. The fourth-order valence-corrected chi connectivity index (χ4v) is 2.31. The maximum Gasteiger partial charge on any atom is 0.350 e. The van der Waals surface area contributed by atoms with Crippen LogP contribution in [0.2, 0.25) is 5.02 Å². The zero-order valence-electron chi connectivity index (χ0n) is 29.1. The van der Waals surface area contributed by atoms with E-state index in [2.05, 4.69) is 5.10 Å². The van der Waals surface area contributed by atoms with Crippen LogP contribution < -0.4 is 10.6 Å². The van der Waals surface area contributed by atoms with Gasteiger partial charge in [0.2, 0.25) is 0 Å². The summed E-state index contributed by atoms with van der Waals surface area (Å²) in [5.41, 5.74) is -2.47. The van der Waals surface area contributed by atoms with Gasteiger partial charge in [0.15, 0.2) is 5.65 Å². The van der Waals surface area contributed by atoms with Crippen LogP contribution in [0.25, 0.3) is 5.65 Å². The first kappa shape index (κ1) is 6.69. The maximum atomic E-state index is 12.9. The van der Waals surface area contributed by atoms with E-state index in [0.29, 0.717) is 18.9 Å². The molecule has 136 valence electrons. The largest absolute Gasteiger partial charge is 0.369 e. The number of piperazine rings is 1. The van der Waals surface area contributed by atoms with Crippen molar-refractivity contribution in [3.63, 3.8) is 0 Å². The van der Waals surface area contributed by atoms with Crippen molar-refractivity contribution in [2.75, 3.05) is 37.5 Å². The Bertz CT molecular complexity index is 1620. The first-order chi connectivity index (χ1) is 19.0. The third kappa shape index (κ3) is 3.61. The van der Waals surface area contributed by atoms with Crippen molar-refractivity contribution in [2.45, 2.75) is 12.9 Å². The van der Waals surface area contributed by atoms with Crippen LogP contribution in [0.3, 0.4) is 0 Å². The molecule has 0 saturated carbocycles. The Morgan fingerprint density at radius 3 is 2.92 bits per heavy atom. The summed E-state index contributed by atoms with van der Waals surface area (Å²) in [7, 11) is 0. The maximum absolute atomic E-state index is 12.9. The molecule has 3 heterocycles. The Hall–Kier alpha value is -2.31. The van der Waals surface area contributed by atoms with E-state index in [1.807, 2.05) is 0 Å². The molecule has 0 atom stereocenters. The van der Waals surface area contributed by atoms with E-state index in [1.54, 1.807) is 0 Å². The Balaban J connectivity index is 1.74. The molecule has 1 aromatic carbocycles. The van der Waals surface area contributed by atoms with Crippen molar-refractivity contribution in [3.05, 3.63) is 64.0 Å².